The van der Waals surface area contributed by atoms with E-state index in [1.807, 2.05) is 0 Å². The number of halogens is 2. The maximum atomic E-state index is 13.8. The third-order valence-corrected chi connectivity index (χ3v) is 4.69. The van der Waals surface area contributed by atoms with Gasteiger partial charge in [0.05, 0.1) is 29.4 Å². The number of hydrogen-bond acceptors (Lipinski definition) is 5. The molecule has 1 amide bonds. The average Bonchev–Trinajstić information content (AvgIpc) is 3.29. The van der Waals surface area contributed by atoms with Crippen molar-refractivity contribution in [3.63, 3.8) is 0 Å². The third-order valence-electron chi connectivity index (χ3n) is 4.69. The zero-order valence-corrected chi connectivity index (χ0v) is 14.5. The Morgan fingerprint density at radius 2 is 2.22 bits per heavy atom. The number of anilines is 1. The van der Waals surface area contributed by atoms with Crippen LogP contribution in [0, 0.1) is 0 Å². The number of aromatic nitrogens is 4. The first-order chi connectivity index (χ1) is 13.0. The standard InChI is InChI=1S/C18H17F2N5O2/c1-11(26)23-15-7-13-12(8-21-15)9-22-25(13)16-4-2-3-14(24-16)18(17(19)20)5-6-27-10-18/h2-4,7-9,17H,5-6,10H2,1H3,(H,21,23,26). The lowest BCUT2D eigenvalue weighted by Crippen LogP contribution is -2.36. The molecule has 0 spiro atoms. The number of carbonyl (C=O) groups excluding carboxylic acids is 1. The molecular formula is C18H17F2N5O2. The van der Waals surface area contributed by atoms with E-state index in [2.05, 4.69) is 20.4 Å². The van der Waals surface area contributed by atoms with Gasteiger partial charge in [0.25, 0.3) is 6.43 Å². The molecule has 7 nitrogen and oxygen atoms in total. The molecule has 140 valence electrons. The summed E-state index contributed by atoms with van der Waals surface area (Å²) in [6.07, 6.45) is 0.833. The highest BCUT2D eigenvalue weighted by Crippen LogP contribution is 2.38. The number of fused-ring (bicyclic) bond motifs is 1. The van der Waals surface area contributed by atoms with Crippen LogP contribution in [0.3, 0.4) is 0 Å². The summed E-state index contributed by atoms with van der Waals surface area (Å²) in [4.78, 5) is 19.9. The van der Waals surface area contributed by atoms with Crippen LogP contribution in [0.5, 0.6) is 0 Å². The molecule has 3 aromatic rings. The Kier molecular flexibility index (Phi) is 4.31. The second kappa shape index (κ2) is 6.66. The molecule has 0 radical (unpaired) electrons. The molecule has 0 bridgehead atoms. The topological polar surface area (TPSA) is 81.9 Å². The normalized spacial score (nSPS) is 19.7. The first-order valence-corrected chi connectivity index (χ1v) is 8.45. The molecule has 1 saturated heterocycles. The van der Waals surface area contributed by atoms with Gasteiger partial charge in [-0.05, 0) is 18.6 Å². The molecule has 0 aromatic carbocycles. The first-order valence-electron chi connectivity index (χ1n) is 8.45. The van der Waals surface area contributed by atoms with Gasteiger partial charge < -0.3 is 10.1 Å². The van der Waals surface area contributed by atoms with Crippen molar-refractivity contribution in [2.24, 2.45) is 0 Å². The monoisotopic (exact) mass is 373 g/mol. The Balaban J connectivity index is 1.79. The lowest BCUT2D eigenvalue weighted by molar-refractivity contribution is -0.114. The molecule has 4 rings (SSSR count). The van der Waals surface area contributed by atoms with E-state index in [-0.39, 0.29) is 31.2 Å². The zero-order chi connectivity index (χ0) is 19.0. The molecule has 1 atom stereocenters. The second-order valence-electron chi connectivity index (χ2n) is 6.51. The molecular weight excluding hydrogens is 356 g/mol. The molecule has 3 aromatic heterocycles. The Morgan fingerprint density at radius 1 is 1.37 bits per heavy atom. The van der Waals surface area contributed by atoms with Gasteiger partial charge in [0.15, 0.2) is 5.82 Å². The smallest absolute Gasteiger partial charge is 0.251 e. The fraction of sp³-hybridized carbons (Fsp3) is 0.333. The molecule has 0 aliphatic carbocycles. The van der Waals surface area contributed by atoms with Crippen LogP contribution in [0.2, 0.25) is 0 Å². The first kappa shape index (κ1) is 17.5. The van der Waals surface area contributed by atoms with Crippen LogP contribution < -0.4 is 5.32 Å². The van der Waals surface area contributed by atoms with Gasteiger partial charge >= 0.3 is 0 Å². The minimum absolute atomic E-state index is 0.0580. The van der Waals surface area contributed by atoms with E-state index in [9.17, 15) is 13.6 Å². The summed E-state index contributed by atoms with van der Waals surface area (Å²) in [5, 5.41) is 7.66. The van der Waals surface area contributed by atoms with Crippen molar-refractivity contribution in [2.45, 2.75) is 25.2 Å². The maximum Gasteiger partial charge on any atom is 0.251 e. The fourth-order valence-corrected chi connectivity index (χ4v) is 3.24. The van der Waals surface area contributed by atoms with Crippen LogP contribution in [0.1, 0.15) is 19.0 Å². The van der Waals surface area contributed by atoms with Gasteiger partial charge in [-0.2, -0.15) is 5.10 Å². The van der Waals surface area contributed by atoms with Gasteiger partial charge in [0.1, 0.15) is 5.82 Å². The average molecular weight is 373 g/mol. The molecule has 9 heteroatoms. The largest absolute Gasteiger partial charge is 0.380 e. The van der Waals surface area contributed by atoms with Crippen LogP contribution in [-0.2, 0) is 14.9 Å². The molecule has 1 aliphatic rings. The van der Waals surface area contributed by atoms with Crippen molar-refractivity contribution >= 4 is 22.6 Å². The summed E-state index contributed by atoms with van der Waals surface area (Å²) in [7, 11) is 0. The third kappa shape index (κ3) is 3.03. The fourth-order valence-electron chi connectivity index (χ4n) is 3.24. The van der Waals surface area contributed by atoms with E-state index in [4.69, 9.17) is 4.74 Å². The molecule has 0 saturated carbocycles. The summed E-state index contributed by atoms with van der Waals surface area (Å²) < 4.78 is 34.4. The number of amides is 1. The van der Waals surface area contributed by atoms with Gasteiger partial charge in [0.2, 0.25) is 5.91 Å². The minimum atomic E-state index is -2.58. The van der Waals surface area contributed by atoms with Crippen molar-refractivity contribution in [3.8, 4) is 5.82 Å². The van der Waals surface area contributed by atoms with E-state index >= 15 is 0 Å². The summed E-state index contributed by atoms with van der Waals surface area (Å²) in [5.41, 5.74) is -0.457. The Labute approximate surface area is 153 Å². The quantitative estimate of drug-likeness (QED) is 0.760. The number of alkyl halides is 2. The Morgan fingerprint density at radius 3 is 2.93 bits per heavy atom. The SMILES string of the molecule is CC(=O)Nc1cc2c(cn1)cnn2-c1cccc(C2(C(F)F)CCOC2)n1. The van der Waals surface area contributed by atoms with E-state index in [0.717, 1.165) is 5.39 Å². The summed E-state index contributed by atoms with van der Waals surface area (Å²) in [5.74, 6) is 0.545. The summed E-state index contributed by atoms with van der Waals surface area (Å²) in [6.45, 7) is 1.62. The van der Waals surface area contributed by atoms with Gasteiger partial charge in [-0.15, -0.1) is 0 Å². The molecule has 27 heavy (non-hydrogen) atoms. The molecule has 4 heterocycles. The van der Waals surface area contributed by atoms with Gasteiger partial charge in [-0.3, -0.25) is 4.79 Å². The highest BCUT2D eigenvalue weighted by atomic mass is 19.3. The van der Waals surface area contributed by atoms with Crippen LogP contribution in [-0.4, -0.2) is 45.3 Å². The van der Waals surface area contributed by atoms with Crippen LogP contribution in [0.15, 0.2) is 36.7 Å². The summed E-state index contributed by atoms with van der Waals surface area (Å²) >= 11 is 0. The van der Waals surface area contributed by atoms with E-state index < -0.39 is 11.8 Å². The Bertz CT molecular complexity index is 998. The van der Waals surface area contributed by atoms with Crippen molar-refractivity contribution < 1.29 is 18.3 Å². The maximum absolute atomic E-state index is 13.8. The van der Waals surface area contributed by atoms with E-state index in [0.29, 0.717) is 17.2 Å². The van der Waals surface area contributed by atoms with Crippen LogP contribution in [0.25, 0.3) is 16.7 Å². The second-order valence-corrected chi connectivity index (χ2v) is 6.51. The van der Waals surface area contributed by atoms with Gasteiger partial charge in [-0.1, -0.05) is 6.07 Å². The predicted molar refractivity (Wildman–Crippen MR) is 94.1 cm³/mol. The van der Waals surface area contributed by atoms with Crippen LogP contribution >= 0.6 is 0 Å². The molecule has 1 fully saturated rings. The lowest BCUT2D eigenvalue weighted by atomic mass is 9.83. The lowest BCUT2D eigenvalue weighted by Gasteiger charge is -2.26. The van der Waals surface area contributed by atoms with Gasteiger partial charge in [0, 0.05) is 31.2 Å². The predicted octanol–water partition coefficient (Wildman–Crippen LogP) is 2.70. The minimum Gasteiger partial charge on any atom is -0.380 e. The Hall–Kier alpha value is -2.94. The molecule has 1 N–H and O–H groups in total. The van der Waals surface area contributed by atoms with Crippen molar-refractivity contribution in [3.05, 3.63) is 42.4 Å². The number of pyridine rings is 2. The number of ether oxygens (including phenoxy) is 1. The molecule has 1 unspecified atom stereocenters. The number of nitrogens with zero attached hydrogens (tertiary/aromatic N) is 4. The van der Waals surface area contributed by atoms with Crippen LogP contribution in [0.4, 0.5) is 14.6 Å². The number of hydrogen-bond donors (Lipinski definition) is 1. The zero-order valence-electron chi connectivity index (χ0n) is 14.5. The van der Waals surface area contributed by atoms with Gasteiger partial charge in [-0.25, -0.2) is 23.4 Å². The van der Waals surface area contributed by atoms with Crippen molar-refractivity contribution in [1.29, 1.82) is 0 Å². The van der Waals surface area contributed by atoms with E-state index in [1.165, 1.54) is 6.92 Å². The van der Waals surface area contributed by atoms with Crippen molar-refractivity contribution in [1.82, 2.24) is 19.7 Å². The highest BCUT2D eigenvalue weighted by molar-refractivity contribution is 5.90. The number of carbonyl (C=O) groups is 1. The highest BCUT2D eigenvalue weighted by Gasteiger charge is 2.46. The molecule has 1 aliphatic heterocycles. The summed E-state index contributed by atoms with van der Waals surface area (Å²) in [6, 6.07) is 6.65. The number of nitrogens with one attached hydrogen (secondary N) is 1. The van der Waals surface area contributed by atoms with Crippen molar-refractivity contribution in [2.75, 3.05) is 18.5 Å². The van der Waals surface area contributed by atoms with E-state index in [1.54, 1.807) is 41.3 Å². The number of rotatable bonds is 4.